The molecule has 1 saturated heterocycles. The van der Waals surface area contributed by atoms with Gasteiger partial charge in [-0.05, 0) is 301 Å². The Morgan fingerprint density at radius 3 is 0.991 bits per heavy atom. The zero-order valence-corrected chi connectivity index (χ0v) is 69.3. The Hall–Kier alpha value is -8.22. The molecule has 10 aromatic rings. The molecule has 5 aromatic carbocycles. The van der Waals surface area contributed by atoms with Gasteiger partial charge < -0.3 is 15.1 Å². The molecular weight excluding hydrogens is 1550 g/mol. The first-order valence-electron chi connectivity index (χ1n) is 41.9. The molecule has 6 fully saturated rings. The monoisotopic (exact) mass is 1650 g/mol. The summed E-state index contributed by atoms with van der Waals surface area (Å²) in [4.78, 5) is 38.2. The molecule has 602 valence electrons. The Balaban J connectivity index is 0.000000104. The lowest BCUT2D eigenvalue weighted by molar-refractivity contribution is -0.124. The highest BCUT2D eigenvalue weighted by atomic mass is 35.5. The summed E-state index contributed by atoms with van der Waals surface area (Å²) in [7, 11) is 1.54. The average molecular weight is 1650 g/mol. The number of likely N-dealkylation sites (N-methyl/N-ethyl adjacent to an activating group) is 1. The number of halogens is 5. The van der Waals surface area contributed by atoms with Gasteiger partial charge in [0.05, 0.1) is 58.8 Å². The SMILES string of the molecule is CC(=O)C1CC=C(c2ccc3c(nnn3CC3CC3)c2Cl)CC1.CN1C(=O)CN(CC2CC=C(c3ccc4c(nnn4CC4CC4)c3Cl)CC2)C1=O.Clc1c(C2=CCCCC2)ccc2c1nnn2CC1CC1.OC1CC=C(c2ccc3c(nnn3CC3CC3)c2Cl)CC1.OCC1CC=C(c2ccc3c(nnn3CC3CC3)c2Cl)CC1. The summed E-state index contributed by atoms with van der Waals surface area (Å²) >= 11 is 33.1. The van der Waals surface area contributed by atoms with Gasteiger partial charge in [-0.2, -0.15) is 0 Å². The number of amides is 3. The number of rotatable bonds is 19. The zero-order chi connectivity index (χ0) is 79.1. The molecule has 0 spiro atoms. The molecule has 1 aliphatic heterocycles. The second-order valence-electron chi connectivity index (χ2n) is 34.0. The fourth-order valence-corrected chi connectivity index (χ4v) is 18.6. The van der Waals surface area contributed by atoms with Crippen LogP contribution >= 0.6 is 58.0 Å². The topological polar surface area (TPSA) is 252 Å². The number of aliphatic hydroxyl groups excluding tert-OH is 2. The molecule has 4 atom stereocenters. The van der Waals surface area contributed by atoms with E-state index in [4.69, 9.17) is 58.0 Å². The van der Waals surface area contributed by atoms with E-state index in [2.05, 4.69) is 143 Å². The molecule has 6 heterocycles. The highest BCUT2D eigenvalue weighted by Gasteiger charge is 2.36. The molecular formula is C88H100Cl5N17O5. The van der Waals surface area contributed by atoms with Crippen molar-refractivity contribution < 1.29 is 24.6 Å². The summed E-state index contributed by atoms with van der Waals surface area (Å²) in [5, 5.41) is 65.3. The second-order valence-corrected chi connectivity index (χ2v) is 35.9. The third-order valence-corrected chi connectivity index (χ3v) is 27.1. The number of ketones is 1. The van der Waals surface area contributed by atoms with E-state index in [9.17, 15) is 24.6 Å². The number of benzene rings is 5. The van der Waals surface area contributed by atoms with E-state index in [1.165, 1.54) is 110 Å². The Kier molecular flexibility index (Phi) is 24.0. The van der Waals surface area contributed by atoms with Crippen LogP contribution in [0.1, 0.15) is 202 Å². The van der Waals surface area contributed by atoms with Gasteiger partial charge in [-0.25, -0.2) is 28.2 Å². The van der Waals surface area contributed by atoms with Gasteiger partial charge in [0.15, 0.2) is 0 Å². The van der Waals surface area contributed by atoms with E-state index >= 15 is 0 Å². The largest absolute Gasteiger partial charge is 0.396 e. The van der Waals surface area contributed by atoms with Crippen molar-refractivity contribution in [3.05, 3.63) is 144 Å². The smallest absolute Gasteiger partial charge is 0.326 e. The molecule has 4 unspecified atom stereocenters. The zero-order valence-electron chi connectivity index (χ0n) is 65.5. The lowest BCUT2D eigenvalue weighted by Crippen LogP contribution is -2.34. The summed E-state index contributed by atoms with van der Waals surface area (Å²) in [5.74, 6) is 4.88. The number of Topliss-reactive ketones (excluding diaryl/α,β-unsaturated/α-hetero) is 1. The minimum Gasteiger partial charge on any atom is -0.396 e. The normalized spacial score (nSPS) is 21.7. The first kappa shape index (κ1) is 79.3. The molecule has 3 amide bonds. The minimum atomic E-state index is -0.212. The van der Waals surface area contributed by atoms with Gasteiger partial charge in [0.2, 0.25) is 5.91 Å². The number of aromatic nitrogens is 15. The van der Waals surface area contributed by atoms with Crippen LogP contribution in [0.4, 0.5) is 4.79 Å². The van der Waals surface area contributed by atoms with E-state index in [0.717, 1.165) is 234 Å². The van der Waals surface area contributed by atoms with Gasteiger partial charge in [0.1, 0.15) is 39.9 Å². The van der Waals surface area contributed by atoms with Crippen LogP contribution in [0.2, 0.25) is 25.1 Å². The number of carbonyl (C=O) groups is 3. The van der Waals surface area contributed by atoms with E-state index in [0.29, 0.717) is 44.9 Å². The number of nitrogens with zero attached hydrogens (tertiary/aromatic N) is 17. The number of fused-ring (bicyclic) bond motifs is 5. The quantitative estimate of drug-likeness (QED) is 0.0714. The fourth-order valence-electron chi connectivity index (χ4n) is 17.0. The molecule has 2 N–H and O–H groups in total. The standard InChI is InChI=1S/C21H24ClN5O2.C18H20ClN3O.C17H20ClN3O.C16H18ClN3O.C16H18ClN3/c1-25-18(28)12-26(21(25)29)10-13-4-6-15(7-5-13)16-8-9-17-20(19(16)22)23-24-27(17)11-14-2-3-14;1-11(23)13-4-6-14(7-5-13)15-8-9-16-18(17(15)19)20-21-22(16)10-12-2-3-12;18-16-14(13-5-3-12(10-22)4-6-13)7-8-15-17(16)19-20-21(15)9-11-1-2-11;17-15-13(11-3-5-12(21)6-4-11)7-8-14-16(15)18-19-20(14)9-10-1-2-10;17-15-13(12-4-2-1-3-5-12)8-9-14-16(15)18-19-20(14)10-11-6-7-11/h6,8-9,13-14H,2-5,7,10-12H2,1H3;6,8-9,12-13H,2-5,7,10H2,1H3;5,7-8,11-12,22H,1-4,6,9-10H2;3,7-8,10,12,21H,1-2,4-6,9H2;4,8-9,11H,1-3,5-7,10H2. The molecule has 5 saturated carbocycles. The number of carbonyl (C=O) groups excluding carboxylic acids is 3. The third kappa shape index (κ3) is 18.1. The van der Waals surface area contributed by atoms with Crippen molar-refractivity contribution in [1.29, 1.82) is 0 Å². The third-order valence-electron chi connectivity index (χ3n) is 25.2. The van der Waals surface area contributed by atoms with E-state index in [-0.39, 0.29) is 42.9 Å². The van der Waals surface area contributed by atoms with E-state index < -0.39 is 0 Å². The van der Waals surface area contributed by atoms with Crippen molar-refractivity contribution in [2.45, 2.75) is 213 Å². The molecule has 22 nitrogen and oxygen atoms in total. The van der Waals surface area contributed by atoms with Crippen molar-refractivity contribution >= 4 is 159 Å². The first-order valence-corrected chi connectivity index (χ1v) is 43.7. The highest BCUT2D eigenvalue weighted by molar-refractivity contribution is 6.39. The predicted molar refractivity (Wildman–Crippen MR) is 454 cm³/mol. The maximum absolute atomic E-state index is 12.1. The highest BCUT2D eigenvalue weighted by Crippen LogP contribution is 2.45. The lowest BCUT2D eigenvalue weighted by Gasteiger charge is -2.26. The summed E-state index contributed by atoms with van der Waals surface area (Å²) in [6.45, 7) is 7.51. The lowest BCUT2D eigenvalue weighted by atomic mass is 9.84. The first-order chi connectivity index (χ1) is 55.9. The Bertz CT molecular complexity index is 5510. The van der Waals surface area contributed by atoms with Gasteiger partial charge in [-0.15, -0.1) is 25.5 Å². The van der Waals surface area contributed by atoms with Crippen molar-refractivity contribution in [3.8, 4) is 0 Å². The van der Waals surface area contributed by atoms with Gasteiger partial charge in [0.25, 0.3) is 0 Å². The summed E-state index contributed by atoms with van der Waals surface area (Å²) in [6.07, 6.45) is 39.2. The van der Waals surface area contributed by atoms with Crippen LogP contribution in [0.5, 0.6) is 0 Å². The number of aliphatic hydroxyl groups is 2. The molecule has 5 aromatic heterocycles. The summed E-state index contributed by atoms with van der Waals surface area (Å²) in [6, 6.07) is 20.8. The van der Waals surface area contributed by atoms with Crippen LogP contribution in [-0.4, -0.2) is 146 Å². The van der Waals surface area contributed by atoms with Crippen LogP contribution in [0.15, 0.2) is 91.0 Å². The predicted octanol–water partition coefficient (Wildman–Crippen LogP) is 19.4. The van der Waals surface area contributed by atoms with Gasteiger partial charge in [-0.1, -0.05) is 145 Å². The summed E-state index contributed by atoms with van der Waals surface area (Å²) < 4.78 is 9.92. The number of urea groups is 1. The van der Waals surface area contributed by atoms with Crippen LogP contribution in [0, 0.1) is 47.3 Å². The molecule has 27 heteroatoms. The molecule has 10 aliphatic carbocycles. The maximum Gasteiger partial charge on any atom is 0.326 e. The van der Waals surface area contributed by atoms with Gasteiger partial charge in [-0.3, -0.25) is 14.5 Å². The van der Waals surface area contributed by atoms with Crippen molar-refractivity contribution in [2.75, 3.05) is 26.7 Å². The van der Waals surface area contributed by atoms with Gasteiger partial charge in [0, 0.05) is 58.8 Å². The van der Waals surface area contributed by atoms with Crippen molar-refractivity contribution in [1.82, 2.24) is 84.8 Å². The van der Waals surface area contributed by atoms with Crippen molar-refractivity contribution in [3.63, 3.8) is 0 Å². The average Bonchev–Trinajstić information content (AvgIpc) is 1.66. The van der Waals surface area contributed by atoms with Crippen LogP contribution in [-0.2, 0) is 42.3 Å². The van der Waals surface area contributed by atoms with Crippen molar-refractivity contribution in [2.24, 2.45) is 47.3 Å². The molecule has 0 radical (unpaired) electrons. The molecule has 11 aliphatic rings. The molecule has 21 rings (SSSR count). The maximum atomic E-state index is 12.1. The molecule has 0 bridgehead atoms. The Labute approximate surface area is 694 Å². The fraction of sp³-hybridized carbons (Fsp3) is 0.511. The van der Waals surface area contributed by atoms with Crippen LogP contribution < -0.4 is 0 Å². The summed E-state index contributed by atoms with van der Waals surface area (Å²) in [5.41, 5.74) is 20.8. The van der Waals surface area contributed by atoms with E-state index in [1.54, 1.807) is 18.9 Å². The van der Waals surface area contributed by atoms with E-state index in [1.807, 2.05) is 23.4 Å². The van der Waals surface area contributed by atoms with Crippen LogP contribution in [0.3, 0.4) is 0 Å². The number of hydrogen-bond acceptors (Lipinski definition) is 15. The number of allylic oxidation sites excluding steroid dienone is 9. The second kappa shape index (κ2) is 34.8. The van der Waals surface area contributed by atoms with Crippen LogP contribution in [0.25, 0.3) is 83.0 Å². The van der Waals surface area contributed by atoms with Gasteiger partial charge >= 0.3 is 6.03 Å². The Morgan fingerprint density at radius 2 is 0.722 bits per heavy atom. The number of hydrogen-bond donors (Lipinski definition) is 2. The minimum absolute atomic E-state index is 0.128. The Morgan fingerprint density at radius 1 is 0.391 bits per heavy atom. The molecule has 115 heavy (non-hydrogen) atoms. The number of imide groups is 1.